The lowest BCUT2D eigenvalue weighted by atomic mass is 9.94. The number of nitrogens with zero attached hydrogens (tertiary/aromatic N) is 3. The van der Waals surface area contributed by atoms with E-state index in [1.54, 1.807) is 12.3 Å². The molecule has 0 aliphatic heterocycles. The van der Waals surface area contributed by atoms with E-state index in [9.17, 15) is 24.6 Å². The molecule has 4 aromatic rings. The second kappa shape index (κ2) is 16.4. The highest BCUT2D eigenvalue weighted by Gasteiger charge is 2.29. The van der Waals surface area contributed by atoms with E-state index in [1.165, 1.54) is 43.0 Å². The standard InChI is InChI=1S/C43H48N6O5/c1-25-33(9-5-11-37(25)48-41(51)39-17-35(27-13-14-27)29(22-46-39)19-44-20-31(24-50)43(53)54)34-10-6-12-38(26(34)2)49-42(52)40-18-36(28-15-16-28)30(23-47-40)21-45-32-7-3-4-8-32/h5-6,9-12,17-18,20,22-23,27-28,31-32,45,50H,3-4,7-8,13-16,19,21,24H2,1-2H3,(H,48,51)(H,49,52)(H,53,54). The Morgan fingerprint density at radius 3 is 1.81 bits per heavy atom. The summed E-state index contributed by atoms with van der Waals surface area (Å²) in [5.74, 6) is -1.98. The summed E-state index contributed by atoms with van der Waals surface area (Å²) in [6, 6.07) is 15.9. The third-order valence-electron chi connectivity index (χ3n) is 11.0. The maximum absolute atomic E-state index is 13.6. The lowest BCUT2D eigenvalue weighted by Gasteiger charge is -2.17. The first-order valence-electron chi connectivity index (χ1n) is 19.1. The number of aliphatic hydroxyl groups excluding tert-OH is 1. The first-order valence-corrected chi connectivity index (χ1v) is 19.1. The average molecular weight is 729 g/mol. The first kappa shape index (κ1) is 37.1. The number of carbonyl (C=O) groups is 3. The molecule has 1 unspecified atom stereocenters. The third-order valence-corrected chi connectivity index (χ3v) is 11.0. The second-order valence-electron chi connectivity index (χ2n) is 14.9. The smallest absolute Gasteiger partial charge is 0.314 e. The maximum atomic E-state index is 13.6. The van der Waals surface area contributed by atoms with Gasteiger partial charge in [-0.3, -0.25) is 29.3 Å². The number of aliphatic hydroxyl groups is 1. The lowest BCUT2D eigenvalue weighted by Crippen LogP contribution is -2.26. The number of nitrogens with one attached hydrogen (secondary N) is 3. The van der Waals surface area contributed by atoms with Gasteiger partial charge in [-0.25, -0.2) is 0 Å². The monoisotopic (exact) mass is 728 g/mol. The summed E-state index contributed by atoms with van der Waals surface area (Å²) in [6.07, 6.45) is 14.1. The maximum Gasteiger partial charge on any atom is 0.314 e. The molecule has 11 heteroatoms. The Hall–Kier alpha value is -5.26. The fraction of sp³-hybridized carbons (Fsp3) is 0.395. The molecule has 3 aliphatic rings. The van der Waals surface area contributed by atoms with Crippen molar-refractivity contribution in [2.24, 2.45) is 10.9 Å². The van der Waals surface area contributed by atoms with Gasteiger partial charge in [0.1, 0.15) is 17.3 Å². The summed E-state index contributed by atoms with van der Waals surface area (Å²) in [5.41, 5.74) is 9.92. The summed E-state index contributed by atoms with van der Waals surface area (Å²) >= 11 is 0. The number of benzene rings is 2. The Kier molecular flexibility index (Phi) is 11.3. The van der Waals surface area contributed by atoms with Crippen LogP contribution in [0.15, 0.2) is 65.9 Å². The molecule has 3 saturated carbocycles. The number of aromatic nitrogens is 2. The molecular formula is C43H48N6O5. The van der Waals surface area contributed by atoms with Gasteiger partial charge in [0.25, 0.3) is 11.8 Å². The number of aliphatic carboxylic acids is 1. The van der Waals surface area contributed by atoms with E-state index in [-0.39, 0.29) is 24.1 Å². The van der Waals surface area contributed by atoms with Crippen LogP contribution in [0.5, 0.6) is 0 Å². The summed E-state index contributed by atoms with van der Waals surface area (Å²) in [4.78, 5) is 51.6. The third kappa shape index (κ3) is 8.58. The van der Waals surface area contributed by atoms with Gasteiger partial charge in [-0.1, -0.05) is 37.1 Å². The molecule has 2 aromatic heterocycles. The van der Waals surface area contributed by atoms with Gasteiger partial charge >= 0.3 is 5.97 Å². The Balaban J connectivity index is 1.05. The molecule has 5 N–H and O–H groups in total. The fourth-order valence-electron chi connectivity index (χ4n) is 7.43. The van der Waals surface area contributed by atoms with E-state index in [2.05, 4.69) is 30.9 Å². The Labute approximate surface area is 315 Å². The van der Waals surface area contributed by atoms with Crippen LogP contribution in [0, 0.1) is 19.8 Å². The van der Waals surface area contributed by atoms with Crippen molar-refractivity contribution in [1.82, 2.24) is 15.3 Å². The zero-order chi connectivity index (χ0) is 37.8. The van der Waals surface area contributed by atoms with Crippen LogP contribution >= 0.6 is 0 Å². The predicted octanol–water partition coefficient (Wildman–Crippen LogP) is 7.32. The minimum absolute atomic E-state index is 0.215. The minimum atomic E-state index is -1.14. The van der Waals surface area contributed by atoms with E-state index in [1.807, 2.05) is 62.5 Å². The number of rotatable bonds is 15. The van der Waals surface area contributed by atoms with E-state index in [0.717, 1.165) is 65.6 Å². The van der Waals surface area contributed by atoms with E-state index in [0.29, 0.717) is 34.9 Å². The first-order chi connectivity index (χ1) is 26.2. The number of aliphatic imine (C=N–C) groups is 1. The fourth-order valence-corrected chi connectivity index (χ4v) is 7.43. The topological polar surface area (TPSA) is 166 Å². The van der Waals surface area contributed by atoms with Crippen molar-refractivity contribution in [3.8, 4) is 11.1 Å². The molecule has 3 aliphatic carbocycles. The normalized spacial score (nSPS) is 16.4. The zero-order valence-electron chi connectivity index (χ0n) is 30.9. The summed E-state index contributed by atoms with van der Waals surface area (Å²) in [7, 11) is 0. The Bertz CT molecular complexity index is 2080. The van der Waals surface area contributed by atoms with Gasteiger partial charge in [0.2, 0.25) is 0 Å². The van der Waals surface area contributed by atoms with Crippen LogP contribution in [0.25, 0.3) is 11.1 Å². The average Bonchev–Trinajstić information content (AvgIpc) is 4.12. The van der Waals surface area contributed by atoms with Crippen molar-refractivity contribution in [3.05, 3.63) is 106 Å². The Morgan fingerprint density at radius 2 is 1.31 bits per heavy atom. The summed E-state index contributed by atoms with van der Waals surface area (Å²) in [6.45, 7) is 4.42. The summed E-state index contributed by atoms with van der Waals surface area (Å²) in [5, 5.41) is 28.3. The van der Waals surface area contributed by atoms with Crippen molar-refractivity contribution in [1.29, 1.82) is 0 Å². The van der Waals surface area contributed by atoms with Gasteiger partial charge in [-0.2, -0.15) is 0 Å². The van der Waals surface area contributed by atoms with Gasteiger partial charge < -0.3 is 26.2 Å². The molecule has 7 rings (SSSR count). The van der Waals surface area contributed by atoms with Crippen LogP contribution in [0.1, 0.15) is 118 Å². The number of pyridine rings is 2. The van der Waals surface area contributed by atoms with Crippen molar-refractivity contribution in [2.45, 2.75) is 96.2 Å². The van der Waals surface area contributed by atoms with Crippen LogP contribution in [-0.4, -0.2) is 56.8 Å². The quantitative estimate of drug-likeness (QED) is 0.0795. The van der Waals surface area contributed by atoms with Crippen molar-refractivity contribution in [2.75, 3.05) is 17.2 Å². The van der Waals surface area contributed by atoms with E-state index in [4.69, 9.17) is 0 Å². The highest BCUT2D eigenvalue weighted by Crippen LogP contribution is 2.43. The Morgan fingerprint density at radius 1 is 0.796 bits per heavy atom. The molecule has 54 heavy (non-hydrogen) atoms. The molecule has 0 spiro atoms. The molecule has 0 bridgehead atoms. The minimum Gasteiger partial charge on any atom is -0.481 e. The highest BCUT2D eigenvalue weighted by atomic mass is 16.4. The molecule has 3 fully saturated rings. The van der Waals surface area contributed by atoms with E-state index < -0.39 is 18.5 Å². The molecular weight excluding hydrogens is 681 g/mol. The molecule has 2 amide bonds. The molecule has 2 aromatic carbocycles. The largest absolute Gasteiger partial charge is 0.481 e. The van der Waals surface area contributed by atoms with Crippen LogP contribution in [0.3, 0.4) is 0 Å². The number of hydrogen-bond acceptors (Lipinski definition) is 8. The van der Waals surface area contributed by atoms with Crippen LogP contribution in [0.4, 0.5) is 11.4 Å². The van der Waals surface area contributed by atoms with Crippen LogP contribution in [0.2, 0.25) is 0 Å². The van der Waals surface area contributed by atoms with Gasteiger partial charge in [0.05, 0.1) is 13.2 Å². The van der Waals surface area contributed by atoms with Crippen molar-refractivity contribution in [3.63, 3.8) is 0 Å². The molecule has 2 heterocycles. The highest BCUT2D eigenvalue weighted by molar-refractivity contribution is 6.05. The van der Waals surface area contributed by atoms with Gasteiger partial charge in [-0.15, -0.1) is 0 Å². The molecule has 0 radical (unpaired) electrons. The van der Waals surface area contributed by atoms with Crippen molar-refractivity contribution < 1.29 is 24.6 Å². The zero-order valence-corrected chi connectivity index (χ0v) is 30.9. The SMILES string of the molecule is Cc1c(NC(=O)c2cc(C3CC3)c(CN=CC(CO)C(=O)O)cn2)cccc1-c1cccc(NC(=O)c2cc(C3CC3)c(CNC3CCCC3)cn2)c1C. The van der Waals surface area contributed by atoms with Gasteiger partial charge in [0, 0.05) is 42.6 Å². The molecule has 11 nitrogen and oxygen atoms in total. The number of carboxylic acids is 1. The van der Waals surface area contributed by atoms with E-state index >= 15 is 0 Å². The van der Waals surface area contributed by atoms with Crippen LogP contribution in [-0.2, 0) is 17.9 Å². The number of carbonyl (C=O) groups excluding carboxylic acids is 2. The van der Waals surface area contributed by atoms with Gasteiger partial charge in [-0.05, 0) is 133 Å². The number of hydrogen-bond donors (Lipinski definition) is 5. The lowest BCUT2D eigenvalue weighted by molar-refractivity contribution is -0.140. The number of anilines is 2. The van der Waals surface area contributed by atoms with Crippen LogP contribution < -0.4 is 16.0 Å². The second-order valence-corrected chi connectivity index (χ2v) is 14.9. The number of carboxylic acid groups (broad SMARTS) is 1. The molecule has 0 saturated heterocycles. The van der Waals surface area contributed by atoms with Gasteiger partial charge in [0.15, 0.2) is 0 Å². The predicted molar refractivity (Wildman–Crippen MR) is 209 cm³/mol. The summed E-state index contributed by atoms with van der Waals surface area (Å²) < 4.78 is 0. The molecule has 1 atom stereocenters. The molecule has 280 valence electrons. The number of amides is 2. The van der Waals surface area contributed by atoms with Crippen molar-refractivity contribution >= 4 is 35.4 Å².